The van der Waals surface area contributed by atoms with Gasteiger partial charge in [0.25, 0.3) is 0 Å². The Labute approximate surface area is 172 Å². The maximum absolute atomic E-state index is 11.7. The van der Waals surface area contributed by atoms with Crippen LogP contribution in [-0.4, -0.2) is 62.8 Å². The van der Waals surface area contributed by atoms with Crippen molar-refractivity contribution < 1.29 is 14.3 Å². The van der Waals surface area contributed by atoms with Crippen molar-refractivity contribution in [2.45, 2.75) is 6.04 Å². The summed E-state index contributed by atoms with van der Waals surface area (Å²) >= 11 is 0. The van der Waals surface area contributed by atoms with Gasteiger partial charge in [-0.2, -0.15) is 10.1 Å². The Hall–Kier alpha value is -4.13. The molecular formula is C20H19N7O3. The van der Waals surface area contributed by atoms with E-state index in [9.17, 15) is 4.79 Å². The number of ether oxygens (including phenoxy) is 2. The van der Waals surface area contributed by atoms with Crippen molar-refractivity contribution in [1.82, 2.24) is 29.6 Å². The van der Waals surface area contributed by atoms with E-state index >= 15 is 0 Å². The summed E-state index contributed by atoms with van der Waals surface area (Å²) in [4.78, 5) is 26.0. The van der Waals surface area contributed by atoms with Crippen molar-refractivity contribution in [2.24, 2.45) is 0 Å². The Kier molecular flexibility index (Phi) is 4.93. The molecule has 30 heavy (non-hydrogen) atoms. The fourth-order valence-corrected chi connectivity index (χ4v) is 3.15. The molecule has 0 aromatic carbocycles. The molecule has 0 bridgehead atoms. The molecule has 152 valence electrons. The molecular weight excluding hydrogens is 386 g/mol. The van der Waals surface area contributed by atoms with Crippen LogP contribution in [0.3, 0.4) is 0 Å². The van der Waals surface area contributed by atoms with Gasteiger partial charge in [0.2, 0.25) is 17.7 Å². The number of pyridine rings is 1. The average molecular weight is 405 g/mol. The summed E-state index contributed by atoms with van der Waals surface area (Å²) in [5, 5.41) is 5.19. The number of fused-ring (bicyclic) bond motifs is 1. The maximum atomic E-state index is 11.7. The summed E-state index contributed by atoms with van der Waals surface area (Å²) < 4.78 is 12.1. The smallest absolute Gasteiger partial charge is 0.246 e. The second kappa shape index (κ2) is 7.71. The Bertz CT molecular complexity index is 1180. The predicted octanol–water partition coefficient (Wildman–Crippen LogP) is 0.790. The van der Waals surface area contributed by atoms with Gasteiger partial charge in [-0.05, 0) is 12.0 Å². The van der Waals surface area contributed by atoms with Gasteiger partial charge in [0.15, 0.2) is 5.65 Å². The zero-order valence-electron chi connectivity index (χ0n) is 16.5. The van der Waals surface area contributed by atoms with Crippen molar-refractivity contribution in [1.29, 1.82) is 0 Å². The molecule has 0 radical (unpaired) electrons. The number of nitrogen functional groups attached to an aromatic ring is 1. The first-order chi connectivity index (χ1) is 14.5. The van der Waals surface area contributed by atoms with Gasteiger partial charge in [-0.1, -0.05) is 12.5 Å². The predicted molar refractivity (Wildman–Crippen MR) is 109 cm³/mol. The molecule has 4 rings (SSSR count). The molecule has 1 aliphatic rings. The molecule has 3 aromatic heterocycles. The molecule has 0 spiro atoms. The monoisotopic (exact) mass is 405 g/mol. The highest BCUT2D eigenvalue weighted by atomic mass is 16.5. The number of rotatable bonds is 4. The molecule has 1 fully saturated rings. The number of carbonyl (C=O) groups is 1. The van der Waals surface area contributed by atoms with Crippen molar-refractivity contribution >= 4 is 22.8 Å². The summed E-state index contributed by atoms with van der Waals surface area (Å²) in [6.07, 6.45) is 2.68. The van der Waals surface area contributed by atoms with Crippen LogP contribution >= 0.6 is 0 Å². The van der Waals surface area contributed by atoms with Crippen molar-refractivity contribution in [3.8, 4) is 23.6 Å². The molecule has 10 nitrogen and oxygen atoms in total. The summed E-state index contributed by atoms with van der Waals surface area (Å²) in [6, 6.07) is 3.36. The lowest BCUT2D eigenvalue weighted by Crippen LogP contribution is -2.50. The van der Waals surface area contributed by atoms with Gasteiger partial charge in [-0.3, -0.25) is 4.79 Å². The van der Waals surface area contributed by atoms with Crippen LogP contribution in [0.4, 0.5) is 5.82 Å². The maximum Gasteiger partial charge on any atom is 0.246 e. The minimum absolute atomic E-state index is 0.0256. The molecule has 4 heterocycles. The number of methoxy groups -OCH3 is 2. The van der Waals surface area contributed by atoms with E-state index in [0.717, 1.165) is 0 Å². The molecule has 2 N–H and O–H groups in total. The molecule has 3 aromatic rings. The summed E-state index contributed by atoms with van der Waals surface area (Å²) in [6.45, 7) is 4.54. The molecule has 1 aliphatic heterocycles. The number of amides is 1. The third-order valence-corrected chi connectivity index (χ3v) is 4.73. The zero-order chi connectivity index (χ0) is 21.3. The second-order valence-corrected chi connectivity index (χ2v) is 6.54. The van der Waals surface area contributed by atoms with E-state index in [-0.39, 0.29) is 11.9 Å². The first-order valence-electron chi connectivity index (χ1n) is 9.06. The quantitative estimate of drug-likeness (QED) is 0.499. The van der Waals surface area contributed by atoms with Gasteiger partial charge < -0.3 is 20.1 Å². The van der Waals surface area contributed by atoms with Gasteiger partial charge in [0, 0.05) is 30.8 Å². The van der Waals surface area contributed by atoms with Crippen LogP contribution in [0.1, 0.15) is 17.3 Å². The van der Waals surface area contributed by atoms with Gasteiger partial charge in [0.05, 0.1) is 25.6 Å². The van der Waals surface area contributed by atoms with E-state index in [1.165, 1.54) is 26.6 Å². The molecule has 0 atom stereocenters. The third-order valence-electron chi connectivity index (χ3n) is 4.73. The number of carbonyl (C=O) groups excluding carboxylic acids is 1. The molecule has 10 heteroatoms. The number of anilines is 1. The average Bonchev–Trinajstić information content (AvgIpc) is 3.10. The SMILES string of the molecule is C=CC(=O)N1CC(n2nc(C#Cc3cc(OC)nc(OC)c3)c3c(N)ncnc32)C1. The van der Waals surface area contributed by atoms with Crippen LogP contribution in [0.2, 0.25) is 0 Å². The van der Waals surface area contributed by atoms with Crippen molar-refractivity contribution in [2.75, 3.05) is 33.0 Å². The van der Waals surface area contributed by atoms with Gasteiger partial charge in [0.1, 0.15) is 17.8 Å². The lowest BCUT2D eigenvalue weighted by Gasteiger charge is -2.38. The number of hydrogen-bond acceptors (Lipinski definition) is 8. The van der Waals surface area contributed by atoms with E-state index in [1.807, 2.05) is 0 Å². The van der Waals surface area contributed by atoms with E-state index in [1.54, 1.807) is 21.7 Å². The number of nitrogens with zero attached hydrogens (tertiary/aromatic N) is 6. The van der Waals surface area contributed by atoms with Crippen molar-refractivity contribution in [3.05, 3.63) is 42.4 Å². The highest BCUT2D eigenvalue weighted by molar-refractivity contribution is 5.91. The van der Waals surface area contributed by atoms with E-state index in [0.29, 0.717) is 53.0 Å². The van der Waals surface area contributed by atoms with E-state index in [2.05, 4.69) is 38.5 Å². The first kappa shape index (κ1) is 19.2. The Morgan fingerprint density at radius 2 is 1.93 bits per heavy atom. The van der Waals surface area contributed by atoms with E-state index < -0.39 is 0 Å². The minimum Gasteiger partial charge on any atom is -0.481 e. The van der Waals surface area contributed by atoms with Crippen LogP contribution in [0.15, 0.2) is 31.1 Å². The Morgan fingerprint density at radius 1 is 1.23 bits per heavy atom. The third kappa shape index (κ3) is 3.37. The molecule has 0 aliphatic carbocycles. The fourth-order valence-electron chi connectivity index (χ4n) is 3.15. The van der Waals surface area contributed by atoms with Crippen LogP contribution in [0.5, 0.6) is 11.8 Å². The Balaban J connectivity index is 1.72. The standard InChI is InChI=1S/C20H19N7O3/c1-4-17(28)26-9-13(10-26)27-20-18(19(21)22-11-23-20)14(25-27)6-5-12-7-15(29-2)24-16(8-12)30-3/h4,7-8,11,13H,1,9-10H2,2-3H3,(H2,21,22,23). The summed E-state index contributed by atoms with van der Waals surface area (Å²) in [7, 11) is 3.04. The highest BCUT2D eigenvalue weighted by Crippen LogP contribution is 2.28. The highest BCUT2D eigenvalue weighted by Gasteiger charge is 2.33. The summed E-state index contributed by atoms with van der Waals surface area (Å²) in [5.41, 5.74) is 7.76. The zero-order valence-corrected chi connectivity index (χ0v) is 16.5. The number of aromatic nitrogens is 5. The van der Waals surface area contributed by atoms with Gasteiger partial charge >= 0.3 is 0 Å². The largest absolute Gasteiger partial charge is 0.481 e. The molecule has 1 amide bonds. The van der Waals surface area contributed by atoms with Crippen molar-refractivity contribution in [3.63, 3.8) is 0 Å². The van der Waals surface area contributed by atoms with Gasteiger partial charge in [-0.15, -0.1) is 0 Å². The second-order valence-electron chi connectivity index (χ2n) is 6.54. The van der Waals surface area contributed by atoms with Gasteiger partial charge in [-0.25, -0.2) is 14.6 Å². The molecule has 1 saturated heterocycles. The lowest BCUT2D eigenvalue weighted by atomic mass is 10.1. The molecule has 0 saturated carbocycles. The van der Waals surface area contributed by atoms with Crippen LogP contribution in [-0.2, 0) is 4.79 Å². The number of hydrogen-bond donors (Lipinski definition) is 1. The minimum atomic E-state index is -0.113. The molecule has 0 unspecified atom stereocenters. The van der Waals surface area contributed by atoms with Crippen LogP contribution < -0.4 is 15.2 Å². The fraction of sp³-hybridized carbons (Fsp3) is 0.250. The normalized spacial score (nSPS) is 13.3. The van der Waals surface area contributed by atoms with Crippen LogP contribution in [0.25, 0.3) is 11.0 Å². The lowest BCUT2D eigenvalue weighted by molar-refractivity contribution is -0.131. The number of likely N-dealkylation sites (tertiary alicyclic amines) is 1. The Morgan fingerprint density at radius 3 is 2.57 bits per heavy atom. The topological polar surface area (TPSA) is 121 Å². The summed E-state index contributed by atoms with van der Waals surface area (Å²) in [5.74, 6) is 7.03. The van der Waals surface area contributed by atoms with E-state index in [4.69, 9.17) is 15.2 Å². The number of nitrogens with two attached hydrogens (primary N) is 1. The van der Waals surface area contributed by atoms with Crippen LogP contribution in [0, 0.1) is 11.8 Å². The first-order valence-corrected chi connectivity index (χ1v) is 9.06.